The average molecular weight is 262 g/mol. The molecule has 0 radical (unpaired) electrons. The molecular formula is C12H10N2O3S. The number of rotatable bonds is 3. The summed E-state index contributed by atoms with van der Waals surface area (Å²) in [7, 11) is 0. The van der Waals surface area contributed by atoms with E-state index in [0.29, 0.717) is 28.9 Å². The van der Waals surface area contributed by atoms with Gasteiger partial charge in [0.05, 0.1) is 28.9 Å². The van der Waals surface area contributed by atoms with Crippen molar-refractivity contribution in [2.24, 2.45) is 0 Å². The Kier molecular flexibility index (Phi) is 2.89. The molecule has 0 atom stereocenters. The Morgan fingerprint density at radius 3 is 2.78 bits per heavy atom. The van der Waals surface area contributed by atoms with Gasteiger partial charge in [-0.15, -0.1) is 22.0 Å². The lowest BCUT2D eigenvalue weighted by Gasteiger charge is -2.25. The molecular weight excluding hydrogens is 252 g/mol. The van der Waals surface area contributed by atoms with Gasteiger partial charge in [-0.1, -0.05) is 18.2 Å². The summed E-state index contributed by atoms with van der Waals surface area (Å²) in [5.41, 5.74) is 0.732. The van der Waals surface area contributed by atoms with Crippen LogP contribution in [-0.2, 0) is 4.74 Å². The maximum absolute atomic E-state index is 11.2. The second kappa shape index (κ2) is 4.55. The fraction of sp³-hybridized carbons (Fsp3) is 0.250. The van der Waals surface area contributed by atoms with E-state index in [1.54, 1.807) is 0 Å². The topological polar surface area (TPSA) is 72.3 Å². The van der Waals surface area contributed by atoms with E-state index in [-0.39, 0.29) is 5.69 Å². The van der Waals surface area contributed by atoms with Gasteiger partial charge in [0, 0.05) is 5.39 Å². The average Bonchev–Trinajstić information content (AvgIpc) is 2.33. The highest BCUT2D eigenvalue weighted by Crippen LogP contribution is 2.34. The molecule has 1 fully saturated rings. The van der Waals surface area contributed by atoms with Gasteiger partial charge in [-0.05, 0) is 6.07 Å². The van der Waals surface area contributed by atoms with Crippen LogP contribution in [0.25, 0.3) is 10.9 Å². The number of ether oxygens (including phenoxy) is 1. The quantitative estimate of drug-likeness (QED) is 0.909. The molecule has 1 aromatic carbocycles. The van der Waals surface area contributed by atoms with Crippen molar-refractivity contribution in [3.63, 3.8) is 0 Å². The Labute approximate surface area is 107 Å². The van der Waals surface area contributed by atoms with Crippen LogP contribution >= 0.6 is 11.8 Å². The SMILES string of the molecule is O=C(O)c1nnc2ccccc2c1SC1COC1. The van der Waals surface area contributed by atoms with Crippen molar-refractivity contribution in [2.75, 3.05) is 13.2 Å². The molecule has 3 rings (SSSR count). The number of carboxylic acid groups (broad SMARTS) is 1. The molecule has 2 aromatic rings. The first-order valence-corrected chi connectivity index (χ1v) is 6.37. The highest BCUT2D eigenvalue weighted by Gasteiger charge is 2.25. The molecule has 0 amide bonds. The standard InChI is InChI=1S/C12H10N2O3S/c15-12(16)10-11(18-7-5-17-6-7)8-3-1-2-4-9(8)13-14-10/h1-4,7H,5-6H2,(H,15,16). The van der Waals surface area contributed by atoms with Crippen molar-refractivity contribution in [1.82, 2.24) is 10.2 Å². The van der Waals surface area contributed by atoms with Gasteiger partial charge in [0.2, 0.25) is 0 Å². The van der Waals surface area contributed by atoms with E-state index >= 15 is 0 Å². The minimum absolute atomic E-state index is 0.0191. The van der Waals surface area contributed by atoms with Gasteiger partial charge in [-0.2, -0.15) is 0 Å². The highest BCUT2D eigenvalue weighted by molar-refractivity contribution is 8.00. The molecule has 92 valence electrons. The van der Waals surface area contributed by atoms with Gasteiger partial charge in [0.1, 0.15) is 0 Å². The van der Waals surface area contributed by atoms with Crippen molar-refractivity contribution in [1.29, 1.82) is 0 Å². The Morgan fingerprint density at radius 1 is 1.33 bits per heavy atom. The third-order valence-electron chi connectivity index (χ3n) is 2.72. The lowest BCUT2D eigenvalue weighted by Crippen LogP contribution is -2.30. The summed E-state index contributed by atoms with van der Waals surface area (Å²) in [6.45, 7) is 1.31. The molecule has 2 heterocycles. The molecule has 1 aliphatic heterocycles. The lowest BCUT2D eigenvalue weighted by atomic mass is 10.2. The highest BCUT2D eigenvalue weighted by atomic mass is 32.2. The van der Waals surface area contributed by atoms with Crippen molar-refractivity contribution in [3.8, 4) is 0 Å². The second-order valence-corrected chi connectivity index (χ2v) is 5.29. The fourth-order valence-electron chi connectivity index (χ4n) is 1.74. The molecule has 18 heavy (non-hydrogen) atoms. The Morgan fingerprint density at radius 2 is 2.11 bits per heavy atom. The number of aromatic carboxylic acids is 1. The van der Waals surface area contributed by atoms with Crippen LogP contribution in [0.2, 0.25) is 0 Å². The molecule has 1 N–H and O–H groups in total. The maximum atomic E-state index is 11.2. The Bertz CT molecular complexity index is 613. The van der Waals surface area contributed by atoms with E-state index in [4.69, 9.17) is 4.74 Å². The predicted octanol–water partition coefficient (Wildman–Crippen LogP) is 1.82. The van der Waals surface area contributed by atoms with Crippen LogP contribution < -0.4 is 0 Å². The smallest absolute Gasteiger partial charge is 0.357 e. The molecule has 1 aliphatic rings. The van der Waals surface area contributed by atoms with Gasteiger partial charge in [0.25, 0.3) is 0 Å². The van der Waals surface area contributed by atoms with Crippen LogP contribution in [0.5, 0.6) is 0 Å². The Balaban J connectivity index is 2.14. The van der Waals surface area contributed by atoms with E-state index in [9.17, 15) is 9.90 Å². The zero-order valence-corrected chi connectivity index (χ0v) is 10.2. The summed E-state index contributed by atoms with van der Waals surface area (Å²) in [6, 6.07) is 7.43. The van der Waals surface area contributed by atoms with Gasteiger partial charge in [0.15, 0.2) is 5.69 Å². The number of hydrogen-bond acceptors (Lipinski definition) is 5. The number of fused-ring (bicyclic) bond motifs is 1. The Hall–Kier alpha value is -1.66. The van der Waals surface area contributed by atoms with Gasteiger partial charge in [-0.3, -0.25) is 0 Å². The van der Waals surface area contributed by atoms with E-state index in [1.807, 2.05) is 24.3 Å². The first-order chi connectivity index (χ1) is 8.75. The largest absolute Gasteiger partial charge is 0.476 e. The minimum atomic E-state index is -1.05. The fourth-order valence-corrected chi connectivity index (χ4v) is 2.94. The molecule has 0 saturated carbocycles. The maximum Gasteiger partial charge on any atom is 0.357 e. The number of carbonyl (C=O) groups is 1. The second-order valence-electron chi connectivity index (χ2n) is 3.98. The van der Waals surface area contributed by atoms with E-state index < -0.39 is 5.97 Å². The van der Waals surface area contributed by atoms with Crippen LogP contribution in [0.15, 0.2) is 29.2 Å². The van der Waals surface area contributed by atoms with Crippen LogP contribution in [0.3, 0.4) is 0 Å². The number of carboxylic acids is 1. The van der Waals surface area contributed by atoms with Gasteiger partial charge < -0.3 is 9.84 Å². The molecule has 0 spiro atoms. The molecule has 0 aliphatic carbocycles. The lowest BCUT2D eigenvalue weighted by molar-refractivity contribution is 0.0454. The number of benzene rings is 1. The van der Waals surface area contributed by atoms with Gasteiger partial charge >= 0.3 is 5.97 Å². The van der Waals surface area contributed by atoms with Gasteiger partial charge in [-0.25, -0.2) is 4.79 Å². The predicted molar refractivity (Wildman–Crippen MR) is 67.0 cm³/mol. The summed E-state index contributed by atoms with van der Waals surface area (Å²) < 4.78 is 5.12. The van der Waals surface area contributed by atoms with Crippen molar-refractivity contribution in [3.05, 3.63) is 30.0 Å². The number of hydrogen-bond donors (Lipinski definition) is 1. The van der Waals surface area contributed by atoms with E-state index in [2.05, 4.69) is 10.2 Å². The summed E-state index contributed by atoms with van der Waals surface area (Å²) in [5, 5.41) is 18.1. The molecule has 1 saturated heterocycles. The van der Waals surface area contributed by atoms with Crippen LogP contribution in [0.4, 0.5) is 0 Å². The zero-order valence-electron chi connectivity index (χ0n) is 9.37. The summed E-state index contributed by atoms with van der Waals surface area (Å²) >= 11 is 1.51. The summed E-state index contributed by atoms with van der Waals surface area (Å²) in [4.78, 5) is 11.9. The molecule has 0 unspecified atom stereocenters. The van der Waals surface area contributed by atoms with Crippen molar-refractivity contribution in [2.45, 2.75) is 10.1 Å². The van der Waals surface area contributed by atoms with Crippen LogP contribution in [0.1, 0.15) is 10.5 Å². The van der Waals surface area contributed by atoms with E-state index in [1.165, 1.54) is 11.8 Å². The normalized spacial score (nSPS) is 15.6. The molecule has 6 heteroatoms. The minimum Gasteiger partial charge on any atom is -0.476 e. The summed E-state index contributed by atoms with van der Waals surface area (Å²) in [6.07, 6.45) is 0. The molecule has 0 bridgehead atoms. The monoisotopic (exact) mass is 262 g/mol. The molecule has 1 aromatic heterocycles. The third-order valence-corrected chi connectivity index (χ3v) is 3.97. The number of aromatic nitrogens is 2. The zero-order chi connectivity index (χ0) is 12.5. The summed E-state index contributed by atoms with van der Waals surface area (Å²) in [5.74, 6) is -1.05. The first-order valence-electron chi connectivity index (χ1n) is 5.49. The number of nitrogens with zero attached hydrogens (tertiary/aromatic N) is 2. The van der Waals surface area contributed by atoms with Crippen molar-refractivity contribution >= 4 is 28.6 Å². The van der Waals surface area contributed by atoms with Crippen LogP contribution in [0, 0.1) is 0 Å². The first kappa shape index (κ1) is 11.4. The molecule has 5 nitrogen and oxygen atoms in total. The third kappa shape index (κ3) is 1.93. The van der Waals surface area contributed by atoms with Crippen LogP contribution in [-0.4, -0.2) is 39.7 Å². The van der Waals surface area contributed by atoms with Crippen molar-refractivity contribution < 1.29 is 14.6 Å². The van der Waals surface area contributed by atoms with E-state index in [0.717, 1.165) is 5.39 Å². The number of thioether (sulfide) groups is 1.